The van der Waals surface area contributed by atoms with Crippen molar-refractivity contribution in [2.75, 3.05) is 0 Å². The van der Waals surface area contributed by atoms with Crippen LogP contribution in [0.5, 0.6) is 0 Å². The Morgan fingerprint density at radius 2 is 1.88 bits per heavy atom. The molecule has 5 rings (SSSR count). The summed E-state index contributed by atoms with van der Waals surface area (Å²) in [5.74, 6) is 0.532. The number of nitrogens with one attached hydrogen (secondary N) is 1. The average Bonchev–Trinajstić information content (AvgIpc) is 3.42. The van der Waals surface area contributed by atoms with Crippen LogP contribution in [0.1, 0.15) is 50.6 Å². The largest absolute Gasteiger partial charge is 0.385 e. The summed E-state index contributed by atoms with van der Waals surface area (Å²) in [5, 5.41) is 14.0. The topological polar surface area (TPSA) is 119 Å². The zero-order chi connectivity index (χ0) is 23.2. The second-order valence-electron chi connectivity index (χ2n) is 8.46. The Balaban J connectivity index is 1.67. The molecule has 1 amide bonds. The molecule has 1 aliphatic carbocycles. The molecule has 1 saturated carbocycles. The van der Waals surface area contributed by atoms with Crippen LogP contribution in [0.2, 0.25) is 0 Å². The van der Waals surface area contributed by atoms with Crippen molar-refractivity contribution >= 4 is 38.5 Å². The Morgan fingerprint density at radius 1 is 1.15 bits per heavy atom. The van der Waals surface area contributed by atoms with Crippen LogP contribution >= 0.6 is 0 Å². The van der Waals surface area contributed by atoms with Gasteiger partial charge in [-0.25, -0.2) is 22.4 Å². The van der Waals surface area contributed by atoms with Gasteiger partial charge in [0.2, 0.25) is 6.41 Å². The molecule has 0 spiro atoms. The fourth-order valence-corrected chi connectivity index (χ4v) is 6.15. The molecule has 2 N–H and O–H groups in total. The van der Waals surface area contributed by atoms with Gasteiger partial charge in [0.15, 0.2) is 5.65 Å². The van der Waals surface area contributed by atoms with Gasteiger partial charge in [-0.05, 0) is 50.8 Å². The number of aromatic nitrogens is 4. The van der Waals surface area contributed by atoms with Gasteiger partial charge in [-0.3, -0.25) is 4.79 Å². The highest BCUT2D eigenvalue weighted by Gasteiger charge is 2.29. The van der Waals surface area contributed by atoms with Gasteiger partial charge in [0.25, 0.3) is 10.0 Å². The lowest BCUT2D eigenvalue weighted by Crippen LogP contribution is -2.33. The molecule has 1 atom stereocenters. The number of aliphatic hydroxyl groups excluding tert-OH is 1. The number of imidazole rings is 1. The van der Waals surface area contributed by atoms with Crippen molar-refractivity contribution in [3.05, 3.63) is 54.6 Å². The number of amides is 1. The number of hydrogen-bond acceptors (Lipinski definition) is 6. The molecule has 172 valence electrons. The van der Waals surface area contributed by atoms with Gasteiger partial charge in [0.05, 0.1) is 16.6 Å². The number of carbonyl (C=O) groups excluding carboxylic acids is 1. The number of fused-ring (bicyclic) bond motifs is 3. The second-order valence-corrected chi connectivity index (χ2v) is 10.3. The number of rotatable bonds is 6. The van der Waals surface area contributed by atoms with Crippen LogP contribution < -0.4 is 5.32 Å². The average molecular weight is 468 g/mol. The van der Waals surface area contributed by atoms with Crippen molar-refractivity contribution in [1.82, 2.24) is 23.8 Å². The normalized spacial score (nSPS) is 20.2. The first kappa shape index (κ1) is 21.6. The Kier molecular flexibility index (Phi) is 5.41. The molecule has 3 heterocycles. The number of aliphatic hydroxyl groups is 1. The number of hydrogen-bond donors (Lipinski definition) is 2. The van der Waals surface area contributed by atoms with Crippen LogP contribution in [-0.4, -0.2) is 44.5 Å². The van der Waals surface area contributed by atoms with Crippen LogP contribution in [0.4, 0.5) is 0 Å². The Bertz CT molecular complexity index is 1420. The van der Waals surface area contributed by atoms with Crippen LogP contribution in [0.3, 0.4) is 0 Å². The molecule has 0 saturated heterocycles. The summed E-state index contributed by atoms with van der Waals surface area (Å²) >= 11 is 0. The maximum absolute atomic E-state index is 13.3. The second kappa shape index (κ2) is 8.27. The molecular formula is C23H25N5O4S. The van der Waals surface area contributed by atoms with Crippen molar-refractivity contribution in [2.24, 2.45) is 0 Å². The fraction of sp³-hybridized carbons (Fsp3) is 0.348. The molecule has 1 aliphatic rings. The van der Waals surface area contributed by atoms with Gasteiger partial charge in [-0.2, -0.15) is 0 Å². The lowest BCUT2D eigenvalue weighted by atomic mass is 9.90. The van der Waals surface area contributed by atoms with Crippen molar-refractivity contribution in [3.63, 3.8) is 0 Å². The Labute approximate surface area is 191 Å². The third-order valence-corrected chi connectivity index (χ3v) is 8.08. The number of benzene rings is 1. The molecule has 0 aliphatic heterocycles. The van der Waals surface area contributed by atoms with Gasteiger partial charge in [0.1, 0.15) is 17.4 Å². The van der Waals surface area contributed by atoms with Gasteiger partial charge >= 0.3 is 0 Å². The van der Waals surface area contributed by atoms with Gasteiger partial charge < -0.3 is 15.0 Å². The first-order valence-corrected chi connectivity index (χ1v) is 12.4. The predicted molar refractivity (Wildman–Crippen MR) is 123 cm³/mol. The highest BCUT2D eigenvalue weighted by atomic mass is 32.2. The van der Waals surface area contributed by atoms with Gasteiger partial charge in [0, 0.05) is 23.7 Å². The monoisotopic (exact) mass is 467 g/mol. The Hall–Kier alpha value is -3.24. The van der Waals surface area contributed by atoms with E-state index >= 15 is 0 Å². The molecular weight excluding hydrogens is 442 g/mol. The first-order valence-electron chi connectivity index (χ1n) is 11.0. The summed E-state index contributed by atoms with van der Waals surface area (Å²) in [6.45, 7) is 1.67. The number of pyridine rings is 1. The quantitative estimate of drug-likeness (QED) is 0.421. The third kappa shape index (κ3) is 3.59. The first-order chi connectivity index (χ1) is 15.9. The van der Waals surface area contributed by atoms with E-state index in [0.717, 1.165) is 37.6 Å². The van der Waals surface area contributed by atoms with E-state index in [1.54, 1.807) is 49.5 Å². The Morgan fingerprint density at radius 3 is 2.55 bits per heavy atom. The number of nitrogens with zero attached hydrogens (tertiary/aromatic N) is 4. The molecule has 10 heteroatoms. The molecule has 33 heavy (non-hydrogen) atoms. The maximum atomic E-state index is 13.3. The summed E-state index contributed by atoms with van der Waals surface area (Å²) in [5.41, 5.74) is 1.70. The lowest BCUT2D eigenvalue weighted by Gasteiger charge is -2.30. The zero-order valence-electron chi connectivity index (χ0n) is 18.1. The highest BCUT2D eigenvalue weighted by Crippen LogP contribution is 2.37. The van der Waals surface area contributed by atoms with E-state index in [1.165, 1.54) is 10.2 Å². The standard InChI is InChI=1S/C23H25N5O4S/c1-15(30)22-26-20-13-24-23-19(11-12-27(23)33(31,32)18-5-3-2-4-6-18)21(20)28(22)17-9-7-16(8-10-17)25-14-29/h2-6,11-17,30H,7-10H2,1H3,(H,25,29)/t15-,16?,17?/m1/s1. The van der Waals surface area contributed by atoms with Crippen LogP contribution in [0.15, 0.2) is 53.7 Å². The molecule has 0 radical (unpaired) electrons. The minimum absolute atomic E-state index is 0.0731. The van der Waals surface area contributed by atoms with E-state index in [0.29, 0.717) is 22.4 Å². The van der Waals surface area contributed by atoms with E-state index in [2.05, 4.69) is 15.3 Å². The maximum Gasteiger partial charge on any atom is 0.269 e. The zero-order valence-corrected chi connectivity index (χ0v) is 18.9. The third-order valence-electron chi connectivity index (χ3n) is 6.40. The lowest BCUT2D eigenvalue weighted by molar-refractivity contribution is -0.110. The van der Waals surface area contributed by atoms with E-state index in [1.807, 2.05) is 4.57 Å². The van der Waals surface area contributed by atoms with Crippen LogP contribution in [0, 0.1) is 0 Å². The minimum Gasteiger partial charge on any atom is -0.385 e. The van der Waals surface area contributed by atoms with Crippen LogP contribution in [0.25, 0.3) is 22.1 Å². The summed E-state index contributed by atoms with van der Waals surface area (Å²) < 4.78 is 29.8. The molecule has 0 bridgehead atoms. The van der Waals surface area contributed by atoms with E-state index in [9.17, 15) is 18.3 Å². The van der Waals surface area contributed by atoms with E-state index in [-0.39, 0.29) is 17.0 Å². The molecule has 1 fully saturated rings. The predicted octanol–water partition coefficient (Wildman–Crippen LogP) is 2.91. The summed E-state index contributed by atoms with van der Waals surface area (Å²) in [4.78, 5) is 20.1. The number of carbonyl (C=O) groups is 1. The summed E-state index contributed by atoms with van der Waals surface area (Å²) in [6.07, 6.45) is 6.28. The molecule has 1 aromatic carbocycles. The van der Waals surface area contributed by atoms with Crippen molar-refractivity contribution in [3.8, 4) is 0 Å². The fourth-order valence-electron chi connectivity index (χ4n) is 4.83. The van der Waals surface area contributed by atoms with Crippen molar-refractivity contribution in [2.45, 2.75) is 55.7 Å². The SMILES string of the molecule is C[C@@H](O)c1nc2cnc3c(ccn3S(=O)(=O)c3ccccc3)c2n1C1CCC(NC=O)CC1. The minimum atomic E-state index is -3.82. The molecule has 9 nitrogen and oxygen atoms in total. The van der Waals surface area contributed by atoms with Crippen molar-refractivity contribution < 1.29 is 18.3 Å². The van der Waals surface area contributed by atoms with Crippen molar-refractivity contribution in [1.29, 1.82) is 0 Å². The van der Waals surface area contributed by atoms with E-state index < -0.39 is 16.1 Å². The van der Waals surface area contributed by atoms with E-state index in [4.69, 9.17) is 0 Å². The van der Waals surface area contributed by atoms with Gasteiger partial charge in [-0.1, -0.05) is 18.2 Å². The summed E-state index contributed by atoms with van der Waals surface area (Å²) in [6, 6.07) is 10.2. The molecule has 4 aromatic rings. The van der Waals surface area contributed by atoms with Gasteiger partial charge in [-0.15, -0.1) is 0 Å². The molecule has 0 unspecified atom stereocenters. The smallest absolute Gasteiger partial charge is 0.269 e. The molecule has 3 aromatic heterocycles. The highest BCUT2D eigenvalue weighted by molar-refractivity contribution is 7.90. The summed E-state index contributed by atoms with van der Waals surface area (Å²) in [7, 11) is -3.82. The van der Waals surface area contributed by atoms with Crippen LogP contribution in [-0.2, 0) is 14.8 Å².